The molecule has 8 nitrogen and oxygen atoms in total. The van der Waals surface area contributed by atoms with E-state index in [4.69, 9.17) is 37.5 Å². The van der Waals surface area contributed by atoms with Gasteiger partial charge in [-0.05, 0) is 18.2 Å². The Morgan fingerprint density at radius 2 is 1.76 bits per heavy atom. The number of sulfonamides is 1. The van der Waals surface area contributed by atoms with E-state index in [0.29, 0.717) is 34.9 Å². The lowest BCUT2D eigenvalue weighted by atomic mass is 10.2. The quantitative estimate of drug-likeness (QED) is 0.685. The first-order chi connectivity index (χ1) is 13.7. The number of hydroxylamine groups is 1. The highest BCUT2D eigenvalue weighted by Crippen LogP contribution is 2.38. The normalized spacial score (nSPS) is 13.8. The predicted molar refractivity (Wildman–Crippen MR) is 108 cm³/mol. The van der Waals surface area contributed by atoms with E-state index in [1.807, 2.05) is 0 Å². The molecule has 0 fully saturated rings. The second-order valence-electron chi connectivity index (χ2n) is 6.03. The molecule has 0 saturated carbocycles. The number of halogens is 2. The second-order valence-corrected chi connectivity index (χ2v) is 8.74. The van der Waals surface area contributed by atoms with Crippen LogP contribution in [0.3, 0.4) is 0 Å². The van der Waals surface area contributed by atoms with Gasteiger partial charge >= 0.3 is 0 Å². The van der Waals surface area contributed by atoms with Crippen molar-refractivity contribution in [1.82, 2.24) is 4.47 Å². The van der Waals surface area contributed by atoms with Crippen LogP contribution in [0.1, 0.15) is 16.8 Å². The molecule has 0 bridgehead atoms. The number of hydrogen-bond acceptors (Lipinski definition) is 6. The zero-order valence-electron chi connectivity index (χ0n) is 15.6. The average Bonchev–Trinajstić information content (AvgIpc) is 2.92. The third-order valence-electron chi connectivity index (χ3n) is 4.15. The Hall–Kier alpha value is -2.04. The molecule has 0 radical (unpaired) electrons. The van der Waals surface area contributed by atoms with Gasteiger partial charge in [0.25, 0.3) is 15.9 Å². The summed E-state index contributed by atoms with van der Waals surface area (Å²) in [6.45, 7) is 0.987. The molecular weight excluding hydrogens is 443 g/mol. The zero-order chi connectivity index (χ0) is 21.2. The van der Waals surface area contributed by atoms with Gasteiger partial charge in [0, 0.05) is 31.2 Å². The molecule has 3 rings (SSSR count). The van der Waals surface area contributed by atoms with Gasteiger partial charge in [-0.1, -0.05) is 27.7 Å². The summed E-state index contributed by atoms with van der Waals surface area (Å²) in [6.07, 6.45) is 0.728. The molecule has 0 spiro atoms. The largest absolute Gasteiger partial charge is 0.490 e. The number of hydrogen-bond donors (Lipinski definition) is 1. The SMILES string of the molecule is CON(C)S(=O)(=O)c1cc(C(=O)Nc2cc3c(cc2Cl)OCCCO3)ccc1Cl. The first-order valence-electron chi connectivity index (χ1n) is 8.47. The molecule has 11 heteroatoms. The number of carbonyl (C=O) groups excluding carboxylic acids is 1. The topological polar surface area (TPSA) is 94.2 Å². The molecule has 156 valence electrons. The molecule has 0 saturated heterocycles. The van der Waals surface area contributed by atoms with Crippen LogP contribution in [0.5, 0.6) is 11.5 Å². The Labute approximate surface area is 178 Å². The van der Waals surface area contributed by atoms with Crippen molar-refractivity contribution >= 4 is 44.8 Å². The van der Waals surface area contributed by atoms with Gasteiger partial charge in [0.1, 0.15) is 4.90 Å². The molecule has 29 heavy (non-hydrogen) atoms. The first-order valence-corrected chi connectivity index (χ1v) is 10.7. The number of ether oxygens (including phenoxy) is 2. The number of rotatable bonds is 5. The number of fused-ring (bicyclic) bond motifs is 1. The lowest BCUT2D eigenvalue weighted by Crippen LogP contribution is -2.26. The Morgan fingerprint density at radius 3 is 2.41 bits per heavy atom. The van der Waals surface area contributed by atoms with E-state index in [1.165, 1.54) is 32.4 Å². The van der Waals surface area contributed by atoms with E-state index >= 15 is 0 Å². The molecule has 1 heterocycles. The maximum absolute atomic E-state index is 12.7. The number of amides is 1. The molecule has 1 N–H and O–H groups in total. The molecule has 0 aliphatic carbocycles. The Morgan fingerprint density at radius 1 is 1.10 bits per heavy atom. The Kier molecular flexibility index (Phi) is 6.55. The van der Waals surface area contributed by atoms with Gasteiger partial charge < -0.3 is 14.8 Å². The fraction of sp³-hybridized carbons (Fsp3) is 0.278. The van der Waals surface area contributed by atoms with Crippen molar-refractivity contribution in [3.05, 3.63) is 45.9 Å². The smallest absolute Gasteiger partial charge is 0.266 e. The highest BCUT2D eigenvalue weighted by atomic mass is 35.5. The van der Waals surface area contributed by atoms with Gasteiger partial charge in [-0.3, -0.25) is 9.63 Å². The standard InChI is InChI=1S/C18H18Cl2N2O6S/c1-22(26-2)29(24,25)17-8-11(4-5-12(17)19)18(23)21-14-10-16-15(9-13(14)20)27-6-3-7-28-16/h4-5,8-10H,3,6-7H2,1-2H3,(H,21,23). The maximum atomic E-state index is 12.7. The molecule has 2 aromatic rings. The van der Waals surface area contributed by atoms with Crippen LogP contribution in [0.15, 0.2) is 35.2 Å². The monoisotopic (exact) mass is 460 g/mol. The van der Waals surface area contributed by atoms with Crippen molar-refractivity contribution in [3.8, 4) is 11.5 Å². The summed E-state index contributed by atoms with van der Waals surface area (Å²) >= 11 is 12.3. The van der Waals surface area contributed by atoms with Crippen LogP contribution in [0.25, 0.3) is 0 Å². The number of anilines is 1. The van der Waals surface area contributed by atoms with E-state index in [1.54, 1.807) is 12.1 Å². The third-order valence-corrected chi connectivity index (χ3v) is 6.63. The van der Waals surface area contributed by atoms with Crippen LogP contribution in [-0.4, -0.2) is 46.2 Å². The fourth-order valence-corrected chi connectivity index (χ4v) is 4.23. The lowest BCUT2D eigenvalue weighted by Gasteiger charge is -2.16. The van der Waals surface area contributed by atoms with Crippen LogP contribution >= 0.6 is 23.2 Å². The van der Waals surface area contributed by atoms with Gasteiger partial charge in [0.2, 0.25) is 0 Å². The maximum Gasteiger partial charge on any atom is 0.266 e. The van der Waals surface area contributed by atoms with Crippen molar-refractivity contribution < 1.29 is 27.5 Å². The number of benzene rings is 2. The third kappa shape index (κ3) is 4.59. The van der Waals surface area contributed by atoms with Crippen molar-refractivity contribution in [3.63, 3.8) is 0 Å². The summed E-state index contributed by atoms with van der Waals surface area (Å²) in [5.74, 6) is 0.380. The van der Waals surface area contributed by atoms with Crippen molar-refractivity contribution in [2.75, 3.05) is 32.7 Å². The Balaban J connectivity index is 1.91. The first kappa shape index (κ1) is 21.7. The van der Waals surface area contributed by atoms with Crippen LogP contribution < -0.4 is 14.8 Å². The van der Waals surface area contributed by atoms with Crippen molar-refractivity contribution in [1.29, 1.82) is 0 Å². The van der Waals surface area contributed by atoms with Gasteiger partial charge in [-0.25, -0.2) is 8.42 Å². The molecule has 0 aromatic heterocycles. The molecule has 1 aliphatic rings. The predicted octanol–water partition coefficient (Wildman–Crippen LogP) is 3.59. The van der Waals surface area contributed by atoms with Crippen LogP contribution in [0.4, 0.5) is 5.69 Å². The summed E-state index contributed by atoms with van der Waals surface area (Å²) in [4.78, 5) is 17.2. The zero-order valence-corrected chi connectivity index (χ0v) is 17.9. The van der Waals surface area contributed by atoms with Gasteiger partial charge in [0.05, 0.1) is 36.1 Å². The van der Waals surface area contributed by atoms with E-state index in [-0.39, 0.29) is 20.5 Å². The Bertz CT molecular complexity index is 1040. The van der Waals surface area contributed by atoms with Crippen LogP contribution in [0, 0.1) is 0 Å². The fourth-order valence-electron chi connectivity index (χ4n) is 2.55. The number of nitrogens with one attached hydrogen (secondary N) is 1. The van der Waals surface area contributed by atoms with E-state index in [2.05, 4.69) is 5.32 Å². The molecule has 2 aromatic carbocycles. The number of carbonyl (C=O) groups is 1. The molecule has 1 amide bonds. The highest BCUT2D eigenvalue weighted by Gasteiger charge is 2.25. The summed E-state index contributed by atoms with van der Waals surface area (Å²) in [5.41, 5.74) is 0.370. The second kappa shape index (κ2) is 8.76. The minimum absolute atomic E-state index is 0.0425. The average molecular weight is 461 g/mol. The van der Waals surface area contributed by atoms with Crippen molar-refractivity contribution in [2.24, 2.45) is 0 Å². The van der Waals surface area contributed by atoms with E-state index < -0.39 is 15.9 Å². The molecule has 1 aliphatic heterocycles. The van der Waals surface area contributed by atoms with Gasteiger partial charge in [-0.15, -0.1) is 0 Å². The summed E-state index contributed by atoms with van der Waals surface area (Å²) in [7, 11) is -1.62. The van der Waals surface area contributed by atoms with Crippen LogP contribution in [-0.2, 0) is 14.9 Å². The highest BCUT2D eigenvalue weighted by molar-refractivity contribution is 7.89. The van der Waals surface area contributed by atoms with Crippen molar-refractivity contribution in [2.45, 2.75) is 11.3 Å². The van der Waals surface area contributed by atoms with E-state index in [0.717, 1.165) is 6.42 Å². The minimum atomic E-state index is -4.04. The van der Waals surface area contributed by atoms with E-state index in [9.17, 15) is 13.2 Å². The summed E-state index contributed by atoms with van der Waals surface area (Å²) in [6, 6.07) is 7.01. The van der Waals surface area contributed by atoms with Gasteiger partial charge in [-0.2, -0.15) is 0 Å². The molecule has 0 atom stereocenters. The molecular formula is C18H18Cl2N2O6S. The summed E-state index contributed by atoms with van der Waals surface area (Å²) in [5, 5.41) is 2.86. The minimum Gasteiger partial charge on any atom is -0.490 e. The van der Waals surface area contributed by atoms with Crippen LogP contribution in [0.2, 0.25) is 10.0 Å². The summed E-state index contributed by atoms with van der Waals surface area (Å²) < 4.78 is 36.8. The lowest BCUT2D eigenvalue weighted by molar-refractivity contribution is -0.0258. The molecule has 0 unspecified atom stereocenters. The van der Waals surface area contributed by atoms with Gasteiger partial charge in [0.15, 0.2) is 11.5 Å². The number of nitrogens with zero attached hydrogens (tertiary/aromatic N) is 1.